The van der Waals surface area contributed by atoms with Crippen molar-refractivity contribution in [3.8, 4) is 5.75 Å². The van der Waals surface area contributed by atoms with Gasteiger partial charge in [-0.2, -0.15) is 4.72 Å². The molecule has 8 heteroatoms. The molecular weight excluding hydrogens is 472 g/mol. The summed E-state index contributed by atoms with van der Waals surface area (Å²) in [6.45, 7) is 1.91. The molecule has 2 atom stereocenters. The first-order valence-corrected chi connectivity index (χ1v) is 12.9. The molecule has 3 aromatic rings. The summed E-state index contributed by atoms with van der Waals surface area (Å²) in [5.41, 5.74) is 2.02. The minimum atomic E-state index is -4.01. The first kappa shape index (κ1) is 25.7. The molecular formula is C26H29ClN2O4S. The second kappa shape index (κ2) is 12.0. The highest BCUT2D eigenvalue weighted by Crippen LogP contribution is 2.27. The van der Waals surface area contributed by atoms with Crippen LogP contribution >= 0.6 is 11.6 Å². The SMILES string of the molecule is COc1ccc(S(=O)(=O)NC(Cc2ccccc2)C(=O)NC(C)CCc2ccccc2)cc1Cl. The van der Waals surface area contributed by atoms with E-state index in [4.69, 9.17) is 16.3 Å². The number of amides is 1. The number of halogens is 1. The predicted octanol–water partition coefficient (Wildman–Crippen LogP) is 4.38. The molecule has 1 amide bonds. The van der Waals surface area contributed by atoms with Gasteiger partial charge in [0.25, 0.3) is 0 Å². The minimum absolute atomic E-state index is 0.0405. The van der Waals surface area contributed by atoms with Gasteiger partial charge in [-0.1, -0.05) is 72.3 Å². The average Bonchev–Trinajstić information content (AvgIpc) is 2.83. The predicted molar refractivity (Wildman–Crippen MR) is 135 cm³/mol. The summed E-state index contributed by atoms with van der Waals surface area (Å²) in [5.74, 6) is -0.0148. The number of hydrogen-bond acceptors (Lipinski definition) is 4. The molecule has 0 radical (unpaired) electrons. The van der Waals surface area contributed by atoms with E-state index in [0.29, 0.717) is 5.75 Å². The van der Waals surface area contributed by atoms with E-state index in [0.717, 1.165) is 18.4 Å². The summed E-state index contributed by atoms with van der Waals surface area (Å²) in [7, 11) is -2.56. The van der Waals surface area contributed by atoms with E-state index in [2.05, 4.69) is 10.0 Å². The molecule has 0 saturated carbocycles. The molecule has 0 saturated heterocycles. The zero-order valence-electron chi connectivity index (χ0n) is 19.2. The number of benzene rings is 3. The molecule has 3 aromatic carbocycles. The van der Waals surface area contributed by atoms with Crippen molar-refractivity contribution in [1.82, 2.24) is 10.0 Å². The van der Waals surface area contributed by atoms with Gasteiger partial charge in [0.05, 0.1) is 17.0 Å². The Bertz CT molecular complexity index is 1190. The molecule has 2 unspecified atom stereocenters. The molecule has 0 spiro atoms. The van der Waals surface area contributed by atoms with E-state index in [9.17, 15) is 13.2 Å². The smallest absolute Gasteiger partial charge is 0.241 e. The van der Waals surface area contributed by atoms with E-state index >= 15 is 0 Å². The van der Waals surface area contributed by atoms with Crippen molar-refractivity contribution in [3.05, 3.63) is 95.0 Å². The maximum absolute atomic E-state index is 13.2. The molecule has 0 aliphatic carbocycles. The van der Waals surface area contributed by atoms with Gasteiger partial charge in [0.2, 0.25) is 15.9 Å². The summed E-state index contributed by atoms with van der Waals surface area (Å²) in [6.07, 6.45) is 1.75. The molecule has 0 fully saturated rings. The van der Waals surface area contributed by atoms with Crippen LogP contribution in [0.25, 0.3) is 0 Å². The summed E-state index contributed by atoms with van der Waals surface area (Å²) in [6, 6.07) is 22.4. The monoisotopic (exact) mass is 500 g/mol. The first-order valence-electron chi connectivity index (χ1n) is 11.0. The highest BCUT2D eigenvalue weighted by atomic mass is 35.5. The van der Waals surface area contributed by atoms with Crippen molar-refractivity contribution < 1.29 is 17.9 Å². The van der Waals surface area contributed by atoms with Crippen LogP contribution in [0, 0.1) is 0 Å². The van der Waals surface area contributed by atoms with Gasteiger partial charge in [-0.25, -0.2) is 8.42 Å². The van der Waals surface area contributed by atoms with Crippen LogP contribution in [0.15, 0.2) is 83.8 Å². The molecule has 0 aliphatic heterocycles. The summed E-state index contributed by atoms with van der Waals surface area (Å²) in [4.78, 5) is 13.1. The third-order valence-corrected chi connectivity index (χ3v) is 7.19. The van der Waals surface area contributed by atoms with Crippen LogP contribution in [0.4, 0.5) is 0 Å². The lowest BCUT2D eigenvalue weighted by molar-refractivity contribution is -0.123. The van der Waals surface area contributed by atoms with E-state index in [-0.39, 0.29) is 28.3 Å². The van der Waals surface area contributed by atoms with Crippen molar-refractivity contribution >= 4 is 27.5 Å². The zero-order chi connectivity index (χ0) is 24.6. The molecule has 34 heavy (non-hydrogen) atoms. The number of rotatable bonds is 11. The van der Waals surface area contributed by atoms with Crippen LogP contribution in [0.1, 0.15) is 24.5 Å². The standard InChI is InChI=1S/C26H29ClN2O4S/c1-19(13-14-20-9-5-3-6-10-20)28-26(30)24(17-21-11-7-4-8-12-21)29-34(31,32)22-15-16-25(33-2)23(27)18-22/h3-12,15-16,18-19,24,29H,13-14,17H2,1-2H3,(H,28,30). The zero-order valence-corrected chi connectivity index (χ0v) is 20.8. The number of aryl methyl sites for hydroxylation is 1. The molecule has 0 bridgehead atoms. The fourth-order valence-corrected chi connectivity index (χ4v) is 5.09. The third-order valence-electron chi connectivity index (χ3n) is 5.43. The molecule has 0 aromatic heterocycles. The van der Waals surface area contributed by atoms with Gasteiger partial charge in [-0.3, -0.25) is 4.79 Å². The molecule has 6 nitrogen and oxygen atoms in total. The highest BCUT2D eigenvalue weighted by molar-refractivity contribution is 7.89. The van der Waals surface area contributed by atoms with Crippen LogP contribution in [0.3, 0.4) is 0 Å². The van der Waals surface area contributed by atoms with Crippen LogP contribution in [0.2, 0.25) is 5.02 Å². The maximum Gasteiger partial charge on any atom is 0.241 e. The Hall–Kier alpha value is -2.87. The number of carbonyl (C=O) groups is 1. The van der Waals surface area contributed by atoms with E-state index in [1.165, 1.54) is 30.9 Å². The third kappa shape index (κ3) is 7.32. The number of hydrogen-bond donors (Lipinski definition) is 2. The Morgan fingerprint density at radius 2 is 1.59 bits per heavy atom. The second-order valence-electron chi connectivity index (χ2n) is 8.09. The summed E-state index contributed by atoms with van der Waals surface area (Å²) < 4.78 is 33.9. The van der Waals surface area contributed by atoms with Gasteiger partial charge in [0, 0.05) is 6.04 Å². The quantitative estimate of drug-likeness (QED) is 0.409. The van der Waals surface area contributed by atoms with Gasteiger partial charge in [0.1, 0.15) is 11.8 Å². The average molecular weight is 501 g/mol. The Morgan fingerprint density at radius 1 is 0.971 bits per heavy atom. The summed E-state index contributed by atoms with van der Waals surface area (Å²) >= 11 is 6.12. The molecule has 2 N–H and O–H groups in total. The molecule has 0 aliphatic rings. The summed E-state index contributed by atoms with van der Waals surface area (Å²) in [5, 5.41) is 3.13. The highest BCUT2D eigenvalue weighted by Gasteiger charge is 2.27. The van der Waals surface area contributed by atoms with Gasteiger partial charge < -0.3 is 10.1 Å². The fraction of sp³-hybridized carbons (Fsp3) is 0.269. The Labute approximate surface area is 206 Å². The second-order valence-corrected chi connectivity index (χ2v) is 10.2. The van der Waals surface area contributed by atoms with Gasteiger partial charge in [0.15, 0.2) is 0 Å². The van der Waals surface area contributed by atoms with Gasteiger partial charge in [-0.05, 0) is 55.5 Å². The Balaban J connectivity index is 1.74. The lowest BCUT2D eigenvalue weighted by Gasteiger charge is -2.22. The molecule has 0 heterocycles. The number of methoxy groups -OCH3 is 1. The van der Waals surface area contributed by atoms with E-state index in [1.807, 2.05) is 67.6 Å². The topological polar surface area (TPSA) is 84.5 Å². The van der Waals surface area contributed by atoms with Crippen LogP contribution in [0.5, 0.6) is 5.75 Å². The number of ether oxygens (including phenoxy) is 1. The van der Waals surface area contributed by atoms with Gasteiger partial charge in [-0.15, -0.1) is 0 Å². The van der Waals surface area contributed by atoms with Crippen molar-refractivity contribution in [2.75, 3.05) is 7.11 Å². The van der Waals surface area contributed by atoms with Crippen LogP contribution < -0.4 is 14.8 Å². The minimum Gasteiger partial charge on any atom is -0.495 e. The lowest BCUT2D eigenvalue weighted by atomic mass is 10.0. The lowest BCUT2D eigenvalue weighted by Crippen LogP contribution is -2.50. The Morgan fingerprint density at radius 3 is 2.18 bits per heavy atom. The fourth-order valence-electron chi connectivity index (χ4n) is 3.55. The largest absolute Gasteiger partial charge is 0.495 e. The van der Waals surface area contributed by atoms with Crippen molar-refractivity contribution in [3.63, 3.8) is 0 Å². The molecule has 3 rings (SSSR count). The Kier molecular flexibility index (Phi) is 9.10. The van der Waals surface area contributed by atoms with Crippen molar-refractivity contribution in [1.29, 1.82) is 0 Å². The molecule has 180 valence electrons. The van der Waals surface area contributed by atoms with E-state index in [1.54, 1.807) is 0 Å². The van der Waals surface area contributed by atoms with Crippen LogP contribution in [-0.4, -0.2) is 33.5 Å². The van der Waals surface area contributed by atoms with Gasteiger partial charge >= 0.3 is 0 Å². The van der Waals surface area contributed by atoms with Crippen molar-refractivity contribution in [2.45, 2.75) is 43.2 Å². The van der Waals surface area contributed by atoms with Crippen molar-refractivity contribution in [2.24, 2.45) is 0 Å². The first-order chi connectivity index (χ1) is 16.3. The maximum atomic E-state index is 13.2. The normalized spacial score (nSPS) is 13.1. The van der Waals surface area contributed by atoms with E-state index < -0.39 is 16.1 Å². The number of nitrogens with one attached hydrogen (secondary N) is 2. The number of carbonyl (C=O) groups excluding carboxylic acids is 1. The number of sulfonamides is 1. The van der Waals surface area contributed by atoms with Crippen LogP contribution in [-0.2, 0) is 27.7 Å².